The lowest BCUT2D eigenvalue weighted by Gasteiger charge is -2.09. The first-order chi connectivity index (χ1) is 15.3. The standard InChI is InChI=1S/C21H26N8OS2/c1-13(26-28-19(22)31-3)15-5-9-17(10-6-15)24-21(30)25-18-11-7-16(8-12-18)14(2)27-29-20(23)32-4/h5-12H,1-4H3,(H2,22,28)(H2,23,29)(H2,24,25,30)/b26-13-,27-14-. The lowest BCUT2D eigenvalue weighted by atomic mass is 10.1. The molecule has 0 radical (unpaired) electrons. The van der Waals surface area contributed by atoms with Gasteiger partial charge in [0.2, 0.25) is 0 Å². The highest BCUT2D eigenvalue weighted by Crippen LogP contribution is 2.14. The van der Waals surface area contributed by atoms with Crippen molar-refractivity contribution in [3.63, 3.8) is 0 Å². The van der Waals surface area contributed by atoms with Crippen LogP contribution in [-0.4, -0.2) is 40.3 Å². The highest BCUT2D eigenvalue weighted by atomic mass is 32.2. The summed E-state index contributed by atoms with van der Waals surface area (Å²) < 4.78 is 0. The van der Waals surface area contributed by atoms with Crippen LogP contribution in [0.5, 0.6) is 0 Å². The predicted molar refractivity (Wildman–Crippen MR) is 140 cm³/mol. The van der Waals surface area contributed by atoms with Gasteiger partial charge in [-0.15, -0.1) is 10.2 Å². The number of anilines is 2. The maximum Gasteiger partial charge on any atom is 0.323 e. The topological polar surface area (TPSA) is 143 Å². The first-order valence-corrected chi connectivity index (χ1v) is 11.9. The number of nitrogens with two attached hydrogens (primary N) is 2. The average molecular weight is 471 g/mol. The zero-order valence-corrected chi connectivity index (χ0v) is 19.9. The summed E-state index contributed by atoms with van der Waals surface area (Å²) in [4.78, 5) is 12.3. The van der Waals surface area contributed by atoms with E-state index in [4.69, 9.17) is 11.5 Å². The monoisotopic (exact) mass is 470 g/mol. The molecule has 0 atom stereocenters. The molecule has 0 heterocycles. The predicted octanol–water partition coefficient (Wildman–Crippen LogP) is 4.13. The number of urea groups is 1. The Labute approximate surface area is 195 Å². The third-order valence-corrected chi connectivity index (χ3v) is 5.14. The van der Waals surface area contributed by atoms with Crippen LogP contribution in [0.2, 0.25) is 0 Å². The van der Waals surface area contributed by atoms with E-state index in [0.29, 0.717) is 21.7 Å². The quantitative estimate of drug-likeness (QED) is 0.285. The first kappa shape index (κ1) is 25.0. The molecule has 0 unspecified atom stereocenters. The summed E-state index contributed by atoms with van der Waals surface area (Å²) in [6, 6.07) is 14.2. The fourth-order valence-corrected chi connectivity index (χ4v) is 2.57. The van der Waals surface area contributed by atoms with Gasteiger partial charge in [0.25, 0.3) is 0 Å². The van der Waals surface area contributed by atoms with E-state index in [-0.39, 0.29) is 6.03 Å². The Morgan fingerprint density at radius 2 is 1.03 bits per heavy atom. The number of carbonyl (C=O) groups is 1. The van der Waals surface area contributed by atoms with Gasteiger partial charge in [0, 0.05) is 11.4 Å². The molecular formula is C21H26N8OS2. The molecule has 6 N–H and O–H groups in total. The van der Waals surface area contributed by atoms with Crippen molar-refractivity contribution in [1.29, 1.82) is 0 Å². The molecule has 0 aliphatic rings. The van der Waals surface area contributed by atoms with Crippen LogP contribution >= 0.6 is 23.5 Å². The second-order valence-electron chi connectivity index (χ2n) is 6.39. The van der Waals surface area contributed by atoms with Gasteiger partial charge in [-0.2, -0.15) is 10.2 Å². The minimum Gasteiger partial charge on any atom is -0.377 e. The van der Waals surface area contributed by atoms with Gasteiger partial charge in [-0.05, 0) is 61.8 Å². The number of hydrogen-bond donors (Lipinski definition) is 4. The number of thioether (sulfide) groups is 2. The lowest BCUT2D eigenvalue weighted by Crippen LogP contribution is -2.19. The highest BCUT2D eigenvalue weighted by Gasteiger charge is 2.05. The molecule has 11 heteroatoms. The molecule has 0 fully saturated rings. The molecule has 2 rings (SSSR count). The Kier molecular flexibility index (Phi) is 9.76. The summed E-state index contributed by atoms with van der Waals surface area (Å²) in [6.07, 6.45) is 3.66. The molecule has 2 aromatic rings. The Morgan fingerprint density at radius 3 is 1.34 bits per heavy atom. The van der Waals surface area contributed by atoms with Crippen molar-refractivity contribution in [2.75, 3.05) is 23.1 Å². The van der Waals surface area contributed by atoms with Crippen molar-refractivity contribution in [2.24, 2.45) is 31.9 Å². The van der Waals surface area contributed by atoms with E-state index in [2.05, 4.69) is 31.0 Å². The SMILES string of the molecule is CSC(N)=N/N=C(/C)c1ccc(NC(=O)Nc2ccc(/C(C)=N\N=C(N)SC)cc2)cc1. The molecule has 0 aliphatic heterocycles. The van der Waals surface area contributed by atoms with Crippen molar-refractivity contribution >= 4 is 62.7 Å². The second-order valence-corrected chi connectivity index (χ2v) is 8.04. The average Bonchev–Trinajstić information content (AvgIpc) is 2.81. The maximum atomic E-state index is 12.3. The normalized spacial score (nSPS) is 13.1. The Morgan fingerprint density at radius 1 is 0.688 bits per heavy atom. The van der Waals surface area contributed by atoms with Crippen LogP contribution < -0.4 is 22.1 Å². The number of hydrogen-bond acceptors (Lipinski definition) is 7. The molecule has 9 nitrogen and oxygen atoms in total. The van der Waals surface area contributed by atoms with E-state index < -0.39 is 0 Å². The van der Waals surface area contributed by atoms with Crippen LogP contribution in [-0.2, 0) is 0 Å². The number of amidine groups is 2. The number of nitrogens with one attached hydrogen (secondary N) is 2. The van der Waals surface area contributed by atoms with Gasteiger partial charge in [0.05, 0.1) is 11.4 Å². The van der Waals surface area contributed by atoms with Crippen molar-refractivity contribution in [3.8, 4) is 0 Å². The smallest absolute Gasteiger partial charge is 0.323 e. The fourth-order valence-electron chi connectivity index (χ4n) is 2.33. The number of nitrogens with zero attached hydrogens (tertiary/aromatic N) is 4. The van der Waals surface area contributed by atoms with E-state index in [1.54, 1.807) is 24.3 Å². The van der Waals surface area contributed by atoms with Gasteiger partial charge in [-0.25, -0.2) is 4.79 Å². The molecule has 168 valence electrons. The van der Waals surface area contributed by atoms with Crippen molar-refractivity contribution in [2.45, 2.75) is 13.8 Å². The van der Waals surface area contributed by atoms with Crippen LogP contribution in [0.4, 0.5) is 16.2 Å². The number of benzene rings is 2. The fraction of sp³-hybridized carbons (Fsp3) is 0.190. The molecule has 0 spiro atoms. The van der Waals surface area contributed by atoms with E-state index in [1.807, 2.05) is 50.6 Å². The zero-order chi connectivity index (χ0) is 23.5. The van der Waals surface area contributed by atoms with E-state index in [1.165, 1.54) is 23.5 Å². The molecule has 0 saturated heterocycles. The number of carbonyl (C=O) groups excluding carboxylic acids is 1. The molecule has 0 aliphatic carbocycles. The Balaban J connectivity index is 1.96. The van der Waals surface area contributed by atoms with Gasteiger partial charge in [0.1, 0.15) is 0 Å². The molecule has 0 bridgehead atoms. The highest BCUT2D eigenvalue weighted by molar-refractivity contribution is 8.13. The van der Waals surface area contributed by atoms with Gasteiger partial charge in [0.15, 0.2) is 10.3 Å². The lowest BCUT2D eigenvalue weighted by molar-refractivity contribution is 0.262. The van der Waals surface area contributed by atoms with Crippen LogP contribution in [0.15, 0.2) is 68.9 Å². The van der Waals surface area contributed by atoms with Crippen LogP contribution in [0.1, 0.15) is 25.0 Å². The van der Waals surface area contributed by atoms with Gasteiger partial charge >= 0.3 is 6.03 Å². The van der Waals surface area contributed by atoms with Crippen molar-refractivity contribution in [1.82, 2.24) is 0 Å². The minimum absolute atomic E-state index is 0.351. The van der Waals surface area contributed by atoms with E-state index in [0.717, 1.165) is 22.6 Å². The summed E-state index contributed by atoms with van der Waals surface area (Å²) in [5, 5.41) is 22.4. The largest absolute Gasteiger partial charge is 0.377 e. The van der Waals surface area contributed by atoms with Crippen molar-refractivity contribution < 1.29 is 4.79 Å². The van der Waals surface area contributed by atoms with Crippen LogP contribution in [0.3, 0.4) is 0 Å². The third-order valence-electron chi connectivity index (χ3n) is 4.14. The van der Waals surface area contributed by atoms with Crippen LogP contribution in [0, 0.1) is 0 Å². The molecule has 32 heavy (non-hydrogen) atoms. The van der Waals surface area contributed by atoms with Crippen molar-refractivity contribution in [3.05, 3.63) is 59.7 Å². The summed E-state index contributed by atoms with van der Waals surface area (Å²) >= 11 is 2.66. The number of amides is 2. The van der Waals surface area contributed by atoms with E-state index >= 15 is 0 Å². The van der Waals surface area contributed by atoms with Gasteiger partial charge < -0.3 is 22.1 Å². The van der Waals surface area contributed by atoms with E-state index in [9.17, 15) is 4.79 Å². The van der Waals surface area contributed by atoms with Gasteiger partial charge in [-0.1, -0.05) is 47.8 Å². The Hall–Kier alpha value is -3.31. The zero-order valence-electron chi connectivity index (χ0n) is 18.3. The number of rotatable bonds is 6. The minimum atomic E-state index is -0.351. The molecular weight excluding hydrogens is 444 g/mol. The third kappa shape index (κ3) is 8.08. The summed E-state index contributed by atoms with van der Waals surface area (Å²) in [5.41, 5.74) is 15.8. The summed E-state index contributed by atoms with van der Waals surface area (Å²) in [6.45, 7) is 3.68. The maximum absolute atomic E-state index is 12.3. The van der Waals surface area contributed by atoms with Crippen LogP contribution in [0.25, 0.3) is 0 Å². The molecule has 0 aromatic heterocycles. The summed E-state index contributed by atoms with van der Waals surface area (Å²) in [5.74, 6) is 0. The Bertz CT molecular complexity index is 961. The van der Waals surface area contributed by atoms with Gasteiger partial charge in [-0.3, -0.25) is 0 Å². The first-order valence-electron chi connectivity index (χ1n) is 9.44. The second kappa shape index (κ2) is 12.5. The molecule has 2 aromatic carbocycles. The summed E-state index contributed by atoms with van der Waals surface area (Å²) in [7, 11) is 0. The molecule has 0 saturated carbocycles. The molecule has 2 amide bonds.